The maximum atomic E-state index is 12.2. The van der Waals surface area contributed by atoms with Crippen LogP contribution in [-0.4, -0.2) is 9.13 Å². The third-order valence-electron chi connectivity index (χ3n) is 14.2. The molecule has 0 saturated carbocycles. The van der Waals surface area contributed by atoms with Crippen molar-refractivity contribution in [2.24, 2.45) is 0 Å². The molecule has 0 amide bonds. The highest BCUT2D eigenvalue weighted by Gasteiger charge is 2.33. The van der Waals surface area contributed by atoms with Crippen LogP contribution >= 0.6 is 34.0 Å². The van der Waals surface area contributed by atoms with Crippen LogP contribution < -0.4 is 0 Å². The van der Waals surface area contributed by atoms with Crippen LogP contribution in [0.3, 0.4) is 0 Å². The van der Waals surface area contributed by atoms with E-state index in [1.807, 2.05) is 12.1 Å². The van der Waals surface area contributed by atoms with Gasteiger partial charge in [0.2, 0.25) is 0 Å². The van der Waals surface area contributed by atoms with Gasteiger partial charge in [0.1, 0.15) is 12.1 Å². The predicted octanol–water partition coefficient (Wildman–Crippen LogP) is 18.1. The third kappa shape index (κ3) is 5.19. The minimum atomic E-state index is 0.440. The molecule has 0 aliphatic carbocycles. The molecule has 15 rings (SSSR count). The smallest absolute Gasteiger partial charge is 0.102 e. The first-order valence-electron chi connectivity index (χ1n) is 22.9. The van der Waals surface area contributed by atoms with E-state index in [9.17, 15) is 10.5 Å². The van der Waals surface area contributed by atoms with Crippen molar-refractivity contribution in [3.8, 4) is 45.8 Å². The number of rotatable bonds is 4. The first-order valence-corrected chi connectivity index (χ1v) is 25.3. The van der Waals surface area contributed by atoms with Gasteiger partial charge in [0.05, 0.1) is 58.7 Å². The standard InChI is InChI=1S/C62H32N4S3/c63-33-47-53(35-15-3-1-4-16-35)59(66-57-42(28-31-45-39-21-9-13-25-51(39)68-61(45)57)43-29-32-46-40-22-10-14-26-52(40)69-62(46)58(43)66)54(36-17-5-2-6-18-36)48(34-64)55(47)65-49-23-11-7-19-37(49)41-27-30-44-38-20-8-12-24-50(38)67-60(44)56(41)65/h1-32H. The summed E-state index contributed by atoms with van der Waals surface area (Å²) in [6.07, 6.45) is 0. The van der Waals surface area contributed by atoms with Gasteiger partial charge in [-0.3, -0.25) is 0 Å². The third-order valence-corrected chi connectivity index (χ3v) is 17.8. The molecule has 10 aromatic carbocycles. The zero-order valence-corrected chi connectivity index (χ0v) is 38.9. The summed E-state index contributed by atoms with van der Waals surface area (Å²) >= 11 is 5.37. The number of fused-ring (bicyclic) bond motifs is 18. The van der Waals surface area contributed by atoms with Crippen molar-refractivity contribution in [3.05, 3.63) is 205 Å². The molecule has 0 bridgehead atoms. The maximum Gasteiger partial charge on any atom is 0.102 e. The predicted molar refractivity (Wildman–Crippen MR) is 294 cm³/mol. The quantitative estimate of drug-likeness (QED) is 0.177. The lowest BCUT2D eigenvalue weighted by molar-refractivity contribution is 1.13. The lowest BCUT2D eigenvalue weighted by atomic mass is 9.86. The molecule has 318 valence electrons. The minimum Gasteiger partial charge on any atom is -0.305 e. The largest absolute Gasteiger partial charge is 0.305 e. The molecule has 0 N–H and O–H groups in total. The van der Waals surface area contributed by atoms with Crippen molar-refractivity contribution in [1.82, 2.24) is 9.13 Å². The van der Waals surface area contributed by atoms with Gasteiger partial charge in [0.15, 0.2) is 0 Å². The molecule has 0 aliphatic heterocycles. The second-order valence-electron chi connectivity index (χ2n) is 17.7. The molecular formula is C62H32N4S3. The highest BCUT2D eigenvalue weighted by atomic mass is 32.1. The molecule has 5 heterocycles. The normalized spacial score (nSPS) is 12.0. The van der Waals surface area contributed by atoms with E-state index in [1.54, 1.807) is 34.0 Å². The Hall–Kier alpha value is -8.56. The summed E-state index contributed by atoms with van der Waals surface area (Å²) in [6.45, 7) is 0. The Kier molecular flexibility index (Phi) is 8.08. The van der Waals surface area contributed by atoms with Gasteiger partial charge in [-0.25, -0.2) is 0 Å². The summed E-state index contributed by atoms with van der Waals surface area (Å²) in [7, 11) is 0. The monoisotopic (exact) mass is 928 g/mol. The Morgan fingerprint density at radius 3 is 1.09 bits per heavy atom. The van der Waals surface area contributed by atoms with Crippen molar-refractivity contribution in [3.63, 3.8) is 0 Å². The zero-order chi connectivity index (χ0) is 45.5. The Morgan fingerprint density at radius 1 is 0.304 bits per heavy atom. The minimum absolute atomic E-state index is 0.440. The second kappa shape index (κ2) is 14.5. The van der Waals surface area contributed by atoms with Gasteiger partial charge in [-0.05, 0) is 35.4 Å². The van der Waals surface area contributed by atoms with Gasteiger partial charge in [-0.15, -0.1) is 34.0 Å². The number of hydrogen-bond donors (Lipinski definition) is 0. The van der Waals surface area contributed by atoms with Crippen LogP contribution in [0.4, 0.5) is 0 Å². The van der Waals surface area contributed by atoms with Crippen LogP contribution in [-0.2, 0) is 0 Å². The number of nitrogens with zero attached hydrogens (tertiary/aromatic N) is 4. The molecule has 4 nitrogen and oxygen atoms in total. The van der Waals surface area contributed by atoms with Gasteiger partial charge in [0, 0.05) is 79.1 Å². The average molecular weight is 929 g/mol. The summed E-state index contributed by atoms with van der Waals surface area (Å²) < 4.78 is 11.8. The van der Waals surface area contributed by atoms with E-state index in [-0.39, 0.29) is 0 Å². The number of hydrogen-bond acceptors (Lipinski definition) is 5. The van der Waals surface area contributed by atoms with E-state index in [0.717, 1.165) is 91.0 Å². The Balaban J connectivity index is 1.24. The number of para-hydroxylation sites is 1. The SMILES string of the molecule is N#Cc1c(-c2ccccc2)c(-n2c3c(ccc4c5ccccc5sc43)c3ccc4c5ccccc5sc4c32)c(-c2ccccc2)c(C#N)c1-n1c2ccccc2c2ccc3c4ccccc4sc3c21. The van der Waals surface area contributed by atoms with Crippen LogP contribution in [0.25, 0.3) is 138 Å². The van der Waals surface area contributed by atoms with Gasteiger partial charge in [-0.2, -0.15) is 10.5 Å². The molecule has 0 fully saturated rings. The van der Waals surface area contributed by atoms with E-state index in [4.69, 9.17) is 0 Å². The fourth-order valence-corrected chi connectivity index (χ4v) is 15.1. The van der Waals surface area contributed by atoms with E-state index in [0.29, 0.717) is 16.8 Å². The number of benzene rings is 10. The molecule has 7 heteroatoms. The lowest BCUT2D eigenvalue weighted by Gasteiger charge is -2.25. The topological polar surface area (TPSA) is 57.4 Å². The van der Waals surface area contributed by atoms with Crippen LogP contribution in [0.1, 0.15) is 11.1 Å². The van der Waals surface area contributed by atoms with E-state index in [1.165, 1.54) is 41.0 Å². The molecule has 0 spiro atoms. The molecule has 0 radical (unpaired) electrons. The van der Waals surface area contributed by atoms with Crippen LogP contribution in [0.2, 0.25) is 0 Å². The Bertz CT molecular complexity index is 4590. The van der Waals surface area contributed by atoms with Crippen LogP contribution in [0.15, 0.2) is 194 Å². The molecule has 69 heavy (non-hydrogen) atoms. The van der Waals surface area contributed by atoms with Crippen molar-refractivity contribution in [2.45, 2.75) is 0 Å². The highest BCUT2D eigenvalue weighted by molar-refractivity contribution is 7.27. The first kappa shape index (κ1) is 38.5. The maximum absolute atomic E-state index is 12.2. The van der Waals surface area contributed by atoms with Crippen molar-refractivity contribution in [2.75, 3.05) is 0 Å². The lowest BCUT2D eigenvalue weighted by Crippen LogP contribution is -2.11. The fraction of sp³-hybridized carbons (Fsp3) is 0. The number of aromatic nitrogens is 2. The van der Waals surface area contributed by atoms with E-state index < -0.39 is 0 Å². The number of nitriles is 2. The summed E-state index contributed by atoms with van der Waals surface area (Å²) in [4.78, 5) is 0. The molecule has 0 unspecified atom stereocenters. The van der Waals surface area contributed by atoms with Crippen molar-refractivity contribution < 1.29 is 0 Å². The highest BCUT2D eigenvalue weighted by Crippen LogP contribution is 2.53. The molecule has 15 aromatic rings. The molecular weight excluding hydrogens is 897 g/mol. The summed E-state index contributed by atoms with van der Waals surface area (Å²) in [6, 6.07) is 74.4. The summed E-state index contributed by atoms with van der Waals surface area (Å²) in [5, 5.41) is 35.9. The molecule has 0 aliphatic rings. The van der Waals surface area contributed by atoms with Crippen molar-refractivity contribution >= 4 is 138 Å². The second-order valence-corrected chi connectivity index (χ2v) is 20.8. The van der Waals surface area contributed by atoms with Gasteiger partial charge in [0.25, 0.3) is 0 Å². The van der Waals surface area contributed by atoms with Gasteiger partial charge >= 0.3 is 0 Å². The van der Waals surface area contributed by atoms with E-state index in [2.05, 4.69) is 203 Å². The zero-order valence-electron chi connectivity index (χ0n) is 36.5. The molecule has 0 saturated heterocycles. The number of thiophene rings is 3. The first-order chi connectivity index (χ1) is 34.2. The van der Waals surface area contributed by atoms with Crippen LogP contribution in [0.5, 0.6) is 0 Å². The van der Waals surface area contributed by atoms with Crippen molar-refractivity contribution in [1.29, 1.82) is 10.5 Å². The molecule has 5 aromatic heterocycles. The Morgan fingerprint density at radius 2 is 0.652 bits per heavy atom. The van der Waals surface area contributed by atoms with Gasteiger partial charge < -0.3 is 9.13 Å². The average Bonchev–Trinajstić information content (AvgIpc) is 4.23. The molecule has 0 atom stereocenters. The Labute approximate surface area is 406 Å². The summed E-state index contributed by atoms with van der Waals surface area (Å²) in [5.74, 6) is 0. The summed E-state index contributed by atoms with van der Waals surface area (Å²) in [5.41, 5.74) is 9.65. The van der Waals surface area contributed by atoms with Gasteiger partial charge in [-0.1, -0.05) is 170 Å². The fourth-order valence-electron chi connectivity index (χ4n) is 11.4. The van der Waals surface area contributed by atoms with Crippen LogP contribution in [0, 0.1) is 22.7 Å². The van der Waals surface area contributed by atoms with E-state index >= 15 is 0 Å².